The Hall–Kier alpha value is -1.35. The third-order valence-corrected chi connectivity index (χ3v) is 4.74. The van der Waals surface area contributed by atoms with Crippen LogP contribution in [0.4, 0.5) is 0 Å². The molecule has 0 aliphatic heterocycles. The fourth-order valence-corrected chi connectivity index (χ4v) is 3.84. The van der Waals surface area contributed by atoms with Gasteiger partial charge in [-0.25, -0.2) is 0 Å². The van der Waals surface area contributed by atoms with Gasteiger partial charge >= 0.3 is 0 Å². The molecule has 1 heterocycles. The summed E-state index contributed by atoms with van der Waals surface area (Å²) in [6, 6.07) is 0. The number of carbonyl (C=O) groups is 1. The molecule has 0 aromatic carbocycles. The second-order valence-electron chi connectivity index (χ2n) is 5.95. The van der Waals surface area contributed by atoms with Crippen LogP contribution in [-0.2, 0) is 4.74 Å². The lowest BCUT2D eigenvalue weighted by atomic mass is 9.81. The molecule has 0 N–H and O–H groups in total. The van der Waals surface area contributed by atoms with Crippen molar-refractivity contribution in [1.82, 2.24) is 0 Å². The molecule has 0 spiro atoms. The monoisotopic (exact) mass is 260 g/mol. The van der Waals surface area contributed by atoms with Gasteiger partial charge in [0.05, 0.1) is 17.9 Å². The van der Waals surface area contributed by atoms with E-state index in [4.69, 9.17) is 9.15 Å². The van der Waals surface area contributed by atoms with Gasteiger partial charge in [0.1, 0.15) is 5.76 Å². The number of aryl methyl sites for hydroxylation is 1. The normalized spacial score (nSPS) is 33.7. The summed E-state index contributed by atoms with van der Waals surface area (Å²) in [5.41, 5.74) is 2.91. The molecular formula is C16H20O3. The Morgan fingerprint density at radius 1 is 1.32 bits per heavy atom. The van der Waals surface area contributed by atoms with Crippen molar-refractivity contribution in [2.75, 3.05) is 7.11 Å². The number of carbonyl (C=O) groups excluding carboxylic acids is 1. The SMILES string of the molecule is CO[C@H]1C[C@H](C)[C@H]2C(=O)c3c(C)coc3C=C(C)[C@H]21. The van der Waals surface area contributed by atoms with Crippen LogP contribution in [0.3, 0.4) is 0 Å². The molecule has 2 aliphatic carbocycles. The highest BCUT2D eigenvalue weighted by atomic mass is 16.5. The zero-order valence-electron chi connectivity index (χ0n) is 11.9. The number of hydrogen-bond acceptors (Lipinski definition) is 3. The lowest BCUT2D eigenvalue weighted by molar-refractivity contribution is 0.0671. The second-order valence-corrected chi connectivity index (χ2v) is 5.95. The third kappa shape index (κ3) is 1.71. The summed E-state index contributed by atoms with van der Waals surface area (Å²) in [6.07, 6.45) is 4.80. The Bertz CT molecular complexity index is 552. The summed E-state index contributed by atoms with van der Waals surface area (Å²) in [7, 11) is 1.74. The molecule has 1 aromatic rings. The van der Waals surface area contributed by atoms with E-state index in [1.165, 1.54) is 5.57 Å². The van der Waals surface area contributed by atoms with E-state index in [1.807, 2.05) is 13.0 Å². The van der Waals surface area contributed by atoms with Crippen LogP contribution in [0.1, 0.15) is 41.9 Å². The number of fused-ring (bicyclic) bond motifs is 2. The van der Waals surface area contributed by atoms with Crippen molar-refractivity contribution in [2.24, 2.45) is 17.8 Å². The number of rotatable bonds is 1. The molecule has 0 bridgehead atoms. The van der Waals surface area contributed by atoms with Gasteiger partial charge in [0.15, 0.2) is 5.78 Å². The number of hydrogen-bond donors (Lipinski definition) is 0. The van der Waals surface area contributed by atoms with Crippen molar-refractivity contribution in [3.05, 3.63) is 28.7 Å². The first-order valence-electron chi connectivity index (χ1n) is 6.88. The van der Waals surface area contributed by atoms with Crippen LogP contribution in [-0.4, -0.2) is 19.0 Å². The smallest absolute Gasteiger partial charge is 0.171 e. The maximum atomic E-state index is 12.9. The van der Waals surface area contributed by atoms with E-state index in [1.54, 1.807) is 13.4 Å². The van der Waals surface area contributed by atoms with Gasteiger partial charge in [-0.05, 0) is 37.8 Å². The highest BCUT2D eigenvalue weighted by Crippen LogP contribution is 2.47. The summed E-state index contributed by atoms with van der Waals surface area (Å²) in [5, 5.41) is 0. The van der Waals surface area contributed by atoms with Crippen molar-refractivity contribution in [3.63, 3.8) is 0 Å². The number of furan rings is 1. The maximum absolute atomic E-state index is 12.9. The molecule has 2 aliphatic rings. The van der Waals surface area contributed by atoms with E-state index >= 15 is 0 Å². The standard InChI is InChI=1S/C16H20O3/c1-8-6-12-14(10(3)7-19-12)16(17)15-9(2)5-11(18-4)13(8)15/h6-7,9,11,13,15H,5H2,1-4H3/t9-,11-,13-,15+/m0/s1. The van der Waals surface area contributed by atoms with Crippen molar-refractivity contribution in [3.8, 4) is 0 Å². The van der Waals surface area contributed by atoms with Crippen molar-refractivity contribution in [1.29, 1.82) is 0 Å². The maximum Gasteiger partial charge on any atom is 0.171 e. The van der Waals surface area contributed by atoms with E-state index in [9.17, 15) is 4.79 Å². The minimum Gasteiger partial charge on any atom is -0.464 e. The molecule has 3 rings (SSSR count). The summed E-state index contributed by atoms with van der Waals surface area (Å²) in [4.78, 5) is 12.9. The molecule has 19 heavy (non-hydrogen) atoms. The highest BCUT2D eigenvalue weighted by molar-refractivity contribution is 6.03. The molecule has 4 atom stereocenters. The minimum absolute atomic E-state index is 0.0266. The second kappa shape index (κ2) is 4.34. The Kier molecular flexibility index (Phi) is 2.90. The Morgan fingerprint density at radius 3 is 2.74 bits per heavy atom. The van der Waals surface area contributed by atoms with Crippen LogP contribution >= 0.6 is 0 Å². The summed E-state index contributed by atoms with van der Waals surface area (Å²) < 4.78 is 11.1. The van der Waals surface area contributed by atoms with Gasteiger partial charge in [0.25, 0.3) is 0 Å². The van der Waals surface area contributed by atoms with Gasteiger partial charge in [-0.3, -0.25) is 4.79 Å². The van der Waals surface area contributed by atoms with Crippen LogP contribution in [0.25, 0.3) is 6.08 Å². The molecule has 0 amide bonds. The fourth-order valence-electron chi connectivity index (χ4n) is 3.84. The van der Waals surface area contributed by atoms with Crippen molar-refractivity contribution < 1.29 is 13.9 Å². The van der Waals surface area contributed by atoms with Gasteiger partial charge < -0.3 is 9.15 Å². The van der Waals surface area contributed by atoms with Crippen molar-refractivity contribution >= 4 is 11.9 Å². The van der Waals surface area contributed by atoms with E-state index in [2.05, 4.69) is 13.8 Å². The zero-order valence-corrected chi connectivity index (χ0v) is 11.9. The Labute approximate surface area is 113 Å². The van der Waals surface area contributed by atoms with Gasteiger partial charge in [-0.1, -0.05) is 12.5 Å². The largest absolute Gasteiger partial charge is 0.464 e. The Balaban J connectivity index is 2.15. The average Bonchev–Trinajstić information content (AvgIpc) is 2.86. The van der Waals surface area contributed by atoms with Crippen LogP contribution in [0, 0.1) is 24.7 Å². The predicted octanol–water partition coefficient (Wildman–Crippen LogP) is 3.47. The molecule has 0 saturated heterocycles. The lowest BCUT2D eigenvalue weighted by Gasteiger charge is -2.23. The average molecular weight is 260 g/mol. The molecule has 1 fully saturated rings. The number of ketones is 1. The van der Waals surface area contributed by atoms with Gasteiger partial charge in [0.2, 0.25) is 0 Å². The van der Waals surface area contributed by atoms with Crippen LogP contribution in [0.2, 0.25) is 0 Å². The highest BCUT2D eigenvalue weighted by Gasteiger charge is 2.48. The molecule has 102 valence electrons. The molecule has 0 radical (unpaired) electrons. The molecule has 1 saturated carbocycles. The molecule has 3 nitrogen and oxygen atoms in total. The first-order chi connectivity index (χ1) is 9.04. The molecular weight excluding hydrogens is 240 g/mol. The van der Waals surface area contributed by atoms with E-state index in [-0.39, 0.29) is 23.7 Å². The zero-order chi connectivity index (χ0) is 13.7. The van der Waals surface area contributed by atoms with Crippen LogP contribution in [0.5, 0.6) is 0 Å². The van der Waals surface area contributed by atoms with Gasteiger partial charge in [-0.15, -0.1) is 0 Å². The van der Waals surface area contributed by atoms with Crippen molar-refractivity contribution in [2.45, 2.75) is 33.3 Å². The van der Waals surface area contributed by atoms with E-state index in [0.29, 0.717) is 5.92 Å². The summed E-state index contributed by atoms with van der Waals surface area (Å²) in [5.74, 6) is 1.52. The quantitative estimate of drug-likeness (QED) is 0.776. The van der Waals surface area contributed by atoms with Crippen LogP contribution in [0.15, 0.2) is 16.3 Å². The predicted molar refractivity (Wildman–Crippen MR) is 73.0 cm³/mol. The minimum atomic E-state index is 0.0266. The fraction of sp³-hybridized carbons (Fsp3) is 0.562. The number of methoxy groups -OCH3 is 1. The molecule has 3 heteroatoms. The van der Waals surface area contributed by atoms with Gasteiger partial charge in [-0.2, -0.15) is 0 Å². The topological polar surface area (TPSA) is 39.4 Å². The van der Waals surface area contributed by atoms with E-state index < -0.39 is 0 Å². The summed E-state index contributed by atoms with van der Waals surface area (Å²) >= 11 is 0. The first-order valence-corrected chi connectivity index (χ1v) is 6.88. The number of Topliss-reactive ketones (excluding diaryl/α,β-unsaturated/α-hetero) is 1. The Morgan fingerprint density at radius 2 is 2.05 bits per heavy atom. The lowest BCUT2D eigenvalue weighted by Crippen LogP contribution is -2.28. The molecule has 0 unspecified atom stereocenters. The number of ether oxygens (including phenoxy) is 1. The third-order valence-electron chi connectivity index (χ3n) is 4.74. The van der Waals surface area contributed by atoms with Crippen LogP contribution < -0.4 is 0 Å². The molecule has 1 aromatic heterocycles. The van der Waals surface area contributed by atoms with E-state index in [0.717, 1.165) is 23.3 Å². The first kappa shape index (κ1) is 12.7. The summed E-state index contributed by atoms with van der Waals surface area (Å²) in [6.45, 7) is 6.18. The van der Waals surface area contributed by atoms with Gasteiger partial charge in [0, 0.05) is 18.9 Å².